The third kappa shape index (κ3) is 2.14. The highest BCUT2D eigenvalue weighted by molar-refractivity contribution is 7.13. The van der Waals surface area contributed by atoms with Crippen molar-refractivity contribution in [2.24, 2.45) is 0 Å². The number of fused-ring (bicyclic) bond motifs is 1. The van der Waals surface area contributed by atoms with Crippen LogP contribution in [0.3, 0.4) is 0 Å². The van der Waals surface area contributed by atoms with Crippen molar-refractivity contribution in [2.75, 3.05) is 0 Å². The molecule has 0 radical (unpaired) electrons. The lowest BCUT2D eigenvalue weighted by molar-refractivity contribution is 1.34. The molecule has 0 bridgehead atoms. The molecule has 0 spiro atoms. The first-order valence-electron chi connectivity index (χ1n) is 7.32. The Bertz CT molecular complexity index is 962. The van der Waals surface area contributed by atoms with Crippen molar-refractivity contribution in [2.45, 2.75) is 13.8 Å². The number of thiazole rings is 1. The lowest BCUT2D eigenvalue weighted by Crippen LogP contribution is -1.85. The Morgan fingerprint density at radius 2 is 1.86 bits per heavy atom. The molecule has 3 heteroatoms. The summed E-state index contributed by atoms with van der Waals surface area (Å²) in [5.74, 6) is 0. The molecule has 0 amide bonds. The van der Waals surface area contributed by atoms with Crippen LogP contribution in [0, 0.1) is 13.8 Å². The van der Waals surface area contributed by atoms with Crippen LogP contribution in [0.5, 0.6) is 0 Å². The van der Waals surface area contributed by atoms with E-state index < -0.39 is 0 Å². The van der Waals surface area contributed by atoms with E-state index in [1.807, 2.05) is 6.07 Å². The lowest BCUT2D eigenvalue weighted by Gasteiger charge is -2.03. The first-order valence-corrected chi connectivity index (χ1v) is 8.20. The first-order chi connectivity index (χ1) is 10.7. The summed E-state index contributed by atoms with van der Waals surface area (Å²) >= 11 is 1.70. The Balaban J connectivity index is 1.81. The molecule has 108 valence electrons. The van der Waals surface area contributed by atoms with E-state index in [1.165, 1.54) is 27.6 Å². The van der Waals surface area contributed by atoms with Gasteiger partial charge in [-0.3, -0.25) is 0 Å². The van der Waals surface area contributed by atoms with Crippen LogP contribution in [-0.2, 0) is 0 Å². The molecule has 22 heavy (non-hydrogen) atoms. The number of benzene rings is 2. The van der Waals surface area contributed by atoms with Crippen molar-refractivity contribution in [1.29, 1.82) is 0 Å². The molecule has 2 aromatic carbocycles. The number of aromatic amines is 1. The minimum Gasteiger partial charge on any atom is -0.360 e. The van der Waals surface area contributed by atoms with Gasteiger partial charge in [0.15, 0.2) is 0 Å². The molecule has 1 N–H and O–H groups in total. The Morgan fingerprint density at radius 1 is 1.00 bits per heavy atom. The lowest BCUT2D eigenvalue weighted by atomic mass is 10.0. The predicted octanol–water partition coefficient (Wildman–Crippen LogP) is 5.58. The van der Waals surface area contributed by atoms with Crippen molar-refractivity contribution in [3.8, 4) is 21.8 Å². The van der Waals surface area contributed by atoms with Gasteiger partial charge >= 0.3 is 0 Å². The van der Waals surface area contributed by atoms with Gasteiger partial charge in [-0.1, -0.05) is 42.0 Å². The van der Waals surface area contributed by atoms with Crippen LogP contribution in [0.15, 0.2) is 54.0 Å². The average Bonchev–Trinajstić information content (AvgIpc) is 3.13. The van der Waals surface area contributed by atoms with Crippen molar-refractivity contribution >= 4 is 22.2 Å². The van der Waals surface area contributed by atoms with E-state index >= 15 is 0 Å². The summed E-state index contributed by atoms with van der Waals surface area (Å²) in [7, 11) is 0. The van der Waals surface area contributed by atoms with Crippen molar-refractivity contribution in [3.05, 3.63) is 65.2 Å². The van der Waals surface area contributed by atoms with E-state index in [0.29, 0.717) is 0 Å². The molecule has 0 aliphatic heterocycles. The van der Waals surface area contributed by atoms with Gasteiger partial charge in [-0.25, -0.2) is 4.98 Å². The fourth-order valence-corrected chi connectivity index (χ4v) is 3.72. The maximum Gasteiger partial charge on any atom is 0.126 e. The van der Waals surface area contributed by atoms with Crippen molar-refractivity contribution in [1.82, 2.24) is 9.97 Å². The van der Waals surface area contributed by atoms with E-state index in [1.54, 1.807) is 11.3 Å². The van der Waals surface area contributed by atoms with E-state index in [-0.39, 0.29) is 0 Å². The van der Waals surface area contributed by atoms with Gasteiger partial charge in [0.1, 0.15) is 5.01 Å². The fraction of sp³-hybridized carbons (Fsp3) is 0.105. The molecule has 0 fully saturated rings. The summed E-state index contributed by atoms with van der Waals surface area (Å²) in [6, 6.07) is 14.9. The Labute approximate surface area is 133 Å². The second-order valence-corrected chi connectivity index (χ2v) is 6.46. The fourth-order valence-electron chi connectivity index (χ4n) is 2.87. The summed E-state index contributed by atoms with van der Waals surface area (Å²) in [6.45, 7) is 4.27. The third-order valence-electron chi connectivity index (χ3n) is 3.98. The normalized spacial score (nSPS) is 11.2. The second kappa shape index (κ2) is 5.11. The van der Waals surface area contributed by atoms with Crippen LogP contribution in [-0.4, -0.2) is 9.97 Å². The van der Waals surface area contributed by atoms with Gasteiger partial charge in [-0.2, -0.15) is 0 Å². The quantitative estimate of drug-likeness (QED) is 0.515. The number of nitrogens with zero attached hydrogens (tertiary/aromatic N) is 1. The SMILES string of the molecule is Cc1ccc(-c2csc(-c3c[nH]c4ccccc34)n2)c(C)c1. The Hall–Kier alpha value is -2.39. The summed E-state index contributed by atoms with van der Waals surface area (Å²) in [6.07, 6.45) is 2.05. The second-order valence-electron chi connectivity index (χ2n) is 5.60. The zero-order chi connectivity index (χ0) is 15.1. The van der Waals surface area contributed by atoms with E-state index in [4.69, 9.17) is 4.98 Å². The van der Waals surface area contributed by atoms with E-state index in [2.05, 4.69) is 66.8 Å². The number of para-hydroxylation sites is 1. The molecular formula is C19H16N2S. The maximum atomic E-state index is 4.86. The van der Waals surface area contributed by atoms with Gasteiger partial charge in [-0.05, 0) is 25.5 Å². The summed E-state index contributed by atoms with van der Waals surface area (Å²) in [4.78, 5) is 8.18. The topological polar surface area (TPSA) is 28.7 Å². The molecule has 2 aromatic heterocycles. The Kier molecular flexibility index (Phi) is 3.09. The molecule has 2 heterocycles. The molecular weight excluding hydrogens is 288 g/mol. The number of hydrogen-bond donors (Lipinski definition) is 1. The van der Waals surface area contributed by atoms with Gasteiger partial charge in [0.25, 0.3) is 0 Å². The van der Waals surface area contributed by atoms with Gasteiger partial charge in [-0.15, -0.1) is 11.3 Å². The largest absolute Gasteiger partial charge is 0.360 e. The average molecular weight is 304 g/mol. The predicted molar refractivity (Wildman–Crippen MR) is 94.3 cm³/mol. The Morgan fingerprint density at radius 3 is 2.73 bits per heavy atom. The van der Waals surface area contributed by atoms with Gasteiger partial charge in [0.2, 0.25) is 0 Å². The molecule has 4 aromatic rings. The van der Waals surface area contributed by atoms with Crippen molar-refractivity contribution in [3.63, 3.8) is 0 Å². The third-order valence-corrected chi connectivity index (χ3v) is 4.86. The molecule has 0 saturated carbocycles. The van der Waals surface area contributed by atoms with Crippen molar-refractivity contribution < 1.29 is 0 Å². The molecule has 0 atom stereocenters. The maximum absolute atomic E-state index is 4.86. The van der Waals surface area contributed by atoms with Gasteiger partial charge in [0.05, 0.1) is 5.69 Å². The van der Waals surface area contributed by atoms with Crippen LogP contribution in [0.25, 0.3) is 32.7 Å². The van der Waals surface area contributed by atoms with Gasteiger partial charge in [0, 0.05) is 33.6 Å². The van der Waals surface area contributed by atoms with E-state index in [9.17, 15) is 0 Å². The molecule has 0 saturated heterocycles. The number of aromatic nitrogens is 2. The van der Waals surface area contributed by atoms with Gasteiger partial charge < -0.3 is 4.98 Å². The summed E-state index contributed by atoms with van der Waals surface area (Å²) in [5.41, 5.74) is 7.16. The zero-order valence-corrected chi connectivity index (χ0v) is 13.4. The molecule has 0 unspecified atom stereocenters. The zero-order valence-electron chi connectivity index (χ0n) is 12.6. The standard InChI is InChI=1S/C19H16N2S/c1-12-7-8-14(13(2)9-12)18-11-22-19(21-18)16-10-20-17-6-4-3-5-15(16)17/h3-11,20H,1-2H3. The minimum absolute atomic E-state index is 1.06. The monoisotopic (exact) mass is 304 g/mol. The number of rotatable bonds is 2. The van der Waals surface area contributed by atoms with Crippen LogP contribution < -0.4 is 0 Å². The van der Waals surface area contributed by atoms with Crippen LogP contribution in [0.1, 0.15) is 11.1 Å². The highest BCUT2D eigenvalue weighted by Gasteiger charge is 2.12. The van der Waals surface area contributed by atoms with Crippen LogP contribution in [0.2, 0.25) is 0 Å². The summed E-state index contributed by atoms with van der Waals surface area (Å²) < 4.78 is 0. The first kappa shape index (κ1) is 13.3. The number of H-pyrrole nitrogens is 1. The number of hydrogen-bond acceptors (Lipinski definition) is 2. The molecule has 0 aliphatic carbocycles. The highest BCUT2D eigenvalue weighted by atomic mass is 32.1. The molecule has 2 nitrogen and oxygen atoms in total. The smallest absolute Gasteiger partial charge is 0.126 e. The highest BCUT2D eigenvalue weighted by Crippen LogP contribution is 2.34. The number of nitrogens with one attached hydrogen (secondary N) is 1. The van der Waals surface area contributed by atoms with Crippen LogP contribution >= 0.6 is 11.3 Å². The minimum atomic E-state index is 1.06. The molecule has 0 aliphatic rings. The number of aryl methyl sites for hydroxylation is 2. The molecule has 4 rings (SSSR count). The summed E-state index contributed by atoms with van der Waals surface area (Å²) in [5, 5.41) is 4.44. The van der Waals surface area contributed by atoms with Crippen LogP contribution in [0.4, 0.5) is 0 Å². The van der Waals surface area contributed by atoms with E-state index in [0.717, 1.165) is 16.2 Å².